The molecule has 0 amide bonds. The number of anilines is 1. The van der Waals surface area contributed by atoms with Crippen molar-refractivity contribution in [3.8, 4) is 0 Å². The van der Waals surface area contributed by atoms with Gasteiger partial charge in [-0.15, -0.1) is 0 Å². The summed E-state index contributed by atoms with van der Waals surface area (Å²) < 4.78 is 4.43. The molecule has 96 valence electrons. The van der Waals surface area contributed by atoms with Crippen molar-refractivity contribution in [1.29, 1.82) is 0 Å². The quantitative estimate of drug-likeness (QED) is 0.879. The third-order valence-corrected chi connectivity index (χ3v) is 3.70. The predicted molar refractivity (Wildman–Crippen MR) is 72.8 cm³/mol. The largest absolute Gasteiger partial charge is 0.356 e. The van der Waals surface area contributed by atoms with E-state index in [4.69, 9.17) is 0 Å². The van der Waals surface area contributed by atoms with Crippen LogP contribution in [0.25, 0.3) is 0 Å². The first-order chi connectivity index (χ1) is 7.95. The van der Waals surface area contributed by atoms with Gasteiger partial charge in [-0.05, 0) is 26.4 Å². The SMILES string of the molecule is CN1CCCC(Nc2nc(C(C)(C)C)ns2)C1. The average Bonchev–Trinajstić information content (AvgIpc) is 2.65. The van der Waals surface area contributed by atoms with Crippen LogP contribution in [0, 0.1) is 0 Å². The zero-order chi connectivity index (χ0) is 12.5. The number of aromatic nitrogens is 2. The Bertz CT molecular complexity index is 369. The average molecular weight is 254 g/mol. The Labute approximate surface area is 108 Å². The normalized spacial score (nSPS) is 22.7. The van der Waals surface area contributed by atoms with E-state index in [1.54, 1.807) is 0 Å². The fourth-order valence-corrected chi connectivity index (χ4v) is 2.88. The first-order valence-corrected chi connectivity index (χ1v) is 7.02. The van der Waals surface area contributed by atoms with Crippen LogP contribution in [0.1, 0.15) is 39.4 Å². The molecule has 1 aliphatic heterocycles. The molecule has 1 aliphatic rings. The number of likely N-dealkylation sites (tertiary alicyclic amines) is 1. The molecule has 0 aromatic carbocycles. The predicted octanol–water partition coefficient (Wildman–Crippen LogP) is 2.34. The van der Waals surface area contributed by atoms with Crippen molar-refractivity contribution in [3.63, 3.8) is 0 Å². The summed E-state index contributed by atoms with van der Waals surface area (Å²) in [6.07, 6.45) is 2.49. The van der Waals surface area contributed by atoms with E-state index >= 15 is 0 Å². The number of rotatable bonds is 2. The Balaban J connectivity index is 1.97. The van der Waals surface area contributed by atoms with Gasteiger partial charge in [0.15, 0.2) is 0 Å². The third kappa shape index (κ3) is 3.39. The van der Waals surface area contributed by atoms with Crippen LogP contribution < -0.4 is 5.32 Å². The van der Waals surface area contributed by atoms with Crippen molar-refractivity contribution in [2.45, 2.75) is 45.1 Å². The second-order valence-electron chi connectivity index (χ2n) is 5.92. The summed E-state index contributed by atoms with van der Waals surface area (Å²) in [6, 6.07) is 0.523. The molecule has 1 unspecified atom stereocenters. The lowest BCUT2D eigenvalue weighted by molar-refractivity contribution is 0.261. The molecular weight excluding hydrogens is 232 g/mol. The molecule has 0 saturated carbocycles. The summed E-state index contributed by atoms with van der Waals surface area (Å²) in [6.45, 7) is 8.75. The van der Waals surface area contributed by atoms with Crippen molar-refractivity contribution in [3.05, 3.63) is 5.82 Å². The van der Waals surface area contributed by atoms with Gasteiger partial charge in [0.1, 0.15) is 5.82 Å². The zero-order valence-electron chi connectivity index (χ0n) is 11.2. The lowest BCUT2D eigenvalue weighted by Gasteiger charge is -2.29. The summed E-state index contributed by atoms with van der Waals surface area (Å²) in [5, 5.41) is 4.47. The summed E-state index contributed by atoms with van der Waals surface area (Å²) in [7, 11) is 2.18. The molecule has 4 nitrogen and oxygen atoms in total. The summed E-state index contributed by atoms with van der Waals surface area (Å²) in [4.78, 5) is 6.95. The maximum Gasteiger partial charge on any atom is 0.202 e. The molecule has 1 fully saturated rings. The highest BCUT2D eigenvalue weighted by atomic mass is 32.1. The molecule has 2 heterocycles. The van der Waals surface area contributed by atoms with Gasteiger partial charge >= 0.3 is 0 Å². The van der Waals surface area contributed by atoms with Gasteiger partial charge in [0.25, 0.3) is 0 Å². The van der Waals surface area contributed by atoms with E-state index in [0.29, 0.717) is 6.04 Å². The number of hydrogen-bond donors (Lipinski definition) is 1. The fourth-order valence-electron chi connectivity index (χ4n) is 2.05. The Morgan fingerprint density at radius 3 is 2.76 bits per heavy atom. The second kappa shape index (κ2) is 4.90. The molecule has 5 heteroatoms. The van der Waals surface area contributed by atoms with Gasteiger partial charge in [-0.25, -0.2) is 4.98 Å². The van der Waals surface area contributed by atoms with Gasteiger partial charge in [-0.1, -0.05) is 20.8 Å². The molecule has 1 N–H and O–H groups in total. The van der Waals surface area contributed by atoms with E-state index < -0.39 is 0 Å². The van der Waals surface area contributed by atoms with Gasteiger partial charge in [0.2, 0.25) is 5.13 Å². The number of nitrogens with zero attached hydrogens (tertiary/aromatic N) is 3. The highest BCUT2D eigenvalue weighted by Crippen LogP contribution is 2.24. The van der Waals surface area contributed by atoms with Crippen LogP contribution in [0.5, 0.6) is 0 Å². The Hall–Kier alpha value is -0.680. The minimum atomic E-state index is 0.0415. The fraction of sp³-hybridized carbons (Fsp3) is 0.833. The first-order valence-electron chi connectivity index (χ1n) is 6.24. The van der Waals surface area contributed by atoms with Crippen LogP contribution in [0.3, 0.4) is 0 Å². The van der Waals surface area contributed by atoms with E-state index in [0.717, 1.165) is 17.5 Å². The molecule has 1 aromatic heterocycles. The number of nitrogens with one attached hydrogen (secondary N) is 1. The van der Waals surface area contributed by atoms with Crippen LogP contribution in [0.4, 0.5) is 5.13 Å². The van der Waals surface area contributed by atoms with E-state index in [-0.39, 0.29) is 5.41 Å². The monoisotopic (exact) mass is 254 g/mol. The standard InChI is InChI=1S/C12H22N4S/c1-12(2,3)10-14-11(17-15-10)13-9-6-5-7-16(4)8-9/h9H,5-8H2,1-4H3,(H,13,14,15). The molecule has 0 aliphatic carbocycles. The highest BCUT2D eigenvalue weighted by molar-refractivity contribution is 7.09. The van der Waals surface area contributed by atoms with Crippen LogP contribution in [0.15, 0.2) is 0 Å². The Kier molecular flexibility index (Phi) is 3.68. The molecule has 0 spiro atoms. The smallest absolute Gasteiger partial charge is 0.202 e. The van der Waals surface area contributed by atoms with Gasteiger partial charge in [0.05, 0.1) is 0 Å². The topological polar surface area (TPSA) is 41.0 Å². The zero-order valence-corrected chi connectivity index (χ0v) is 12.0. The first kappa shape index (κ1) is 12.8. The lowest BCUT2D eigenvalue weighted by atomic mass is 9.96. The maximum absolute atomic E-state index is 4.58. The van der Waals surface area contributed by atoms with Crippen LogP contribution in [-0.2, 0) is 5.41 Å². The number of hydrogen-bond acceptors (Lipinski definition) is 5. The van der Waals surface area contributed by atoms with Gasteiger partial charge in [0, 0.05) is 29.5 Å². The molecule has 0 radical (unpaired) electrons. The molecule has 1 aromatic rings. The molecule has 2 rings (SSSR count). The van der Waals surface area contributed by atoms with E-state index in [1.807, 2.05) is 0 Å². The summed E-state index contributed by atoms with van der Waals surface area (Å²) in [5.74, 6) is 0.939. The van der Waals surface area contributed by atoms with Crippen molar-refractivity contribution in [2.75, 3.05) is 25.5 Å². The number of likely N-dealkylation sites (N-methyl/N-ethyl adjacent to an activating group) is 1. The molecule has 0 bridgehead atoms. The molecule has 17 heavy (non-hydrogen) atoms. The second-order valence-corrected chi connectivity index (χ2v) is 6.67. The summed E-state index contributed by atoms with van der Waals surface area (Å²) in [5.41, 5.74) is 0.0415. The van der Waals surface area contributed by atoms with Gasteiger partial charge in [-0.3, -0.25) is 0 Å². The lowest BCUT2D eigenvalue weighted by Crippen LogP contribution is -2.39. The van der Waals surface area contributed by atoms with E-state index in [2.05, 4.69) is 47.4 Å². The van der Waals surface area contributed by atoms with Crippen LogP contribution in [0.2, 0.25) is 0 Å². The van der Waals surface area contributed by atoms with Crippen molar-refractivity contribution in [1.82, 2.24) is 14.3 Å². The Morgan fingerprint density at radius 1 is 1.41 bits per heavy atom. The van der Waals surface area contributed by atoms with Crippen molar-refractivity contribution in [2.24, 2.45) is 0 Å². The Morgan fingerprint density at radius 2 is 2.18 bits per heavy atom. The van der Waals surface area contributed by atoms with Crippen LogP contribution >= 0.6 is 11.5 Å². The maximum atomic E-state index is 4.58. The molecule has 1 saturated heterocycles. The van der Waals surface area contributed by atoms with Gasteiger partial charge in [-0.2, -0.15) is 4.37 Å². The molecule has 1 atom stereocenters. The van der Waals surface area contributed by atoms with Crippen molar-refractivity contribution >= 4 is 16.7 Å². The minimum Gasteiger partial charge on any atom is -0.356 e. The minimum absolute atomic E-state index is 0.0415. The third-order valence-electron chi connectivity index (χ3n) is 3.05. The van der Waals surface area contributed by atoms with E-state index in [9.17, 15) is 0 Å². The molecular formula is C12H22N4S. The van der Waals surface area contributed by atoms with Gasteiger partial charge < -0.3 is 10.2 Å². The number of piperidine rings is 1. The van der Waals surface area contributed by atoms with Crippen LogP contribution in [-0.4, -0.2) is 40.4 Å². The van der Waals surface area contributed by atoms with Crippen molar-refractivity contribution < 1.29 is 0 Å². The highest BCUT2D eigenvalue weighted by Gasteiger charge is 2.22. The van der Waals surface area contributed by atoms with E-state index in [1.165, 1.54) is 30.9 Å². The summed E-state index contributed by atoms with van der Waals surface area (Å²) >= 11 is 1.48.